The molecule has 0 spiro atoms. The zero-order valence-electron chi connectivity index (χ0n) is 28.2. The molecule has 2 heterocycles. The van der Waals surface area contributed by atoms with E-state index in [0.29, 0.717) is 13.0 Å². The molecule has 1 aromatic heterocycles. The number of benzene rings is 3. The molecule has 48 heavy (non-hydrogen) atoms. The van der Waals surface area contributed by atoms with Crippen molar-refractivity contribution < 1.29 is 36.2 Å². The van der Waals surface area contributed by atoms with Gasteiger partial charge in [0, 0.05) is 22.5 Å². The van der Waals surface area contributed by atoms with Gasteiger partial charge >= 0.3 is 0 Å². The number of nitrogens with zero attached hydrogens (tertiary/aromatic N) is 1. The first-order valence-electron chi connectivity index (χ1n) is 15.9. The number of amides is 1. The van der Waals surface area contributed by atoms with Crippen LogP contribution in [0.5, 0.6) is 11.5 Å². The fraction of sp³-hybridized carbons (Fsp3) is 0.395. The Bertz CT molecular complexity index is 1470. The van der Waals surface area contributed by atoms with Crippen LogP contribution >= 0.6 is 11.3 Å². The zero-order chi connectivity index (χ0) is 31.1. The van der Waals surface area contributed by atoms with Gasteiger partial charge in [-0.15, -0.1) is 24.2 Å². The number of nitrogens with one attached hydrogen (secondary N) is 1. The zero-order valence-corrected chi connectivity index (χ0v) is 29.0. The summed E-state index contributed by atoms with van der Waals surface area (Å²) in [6.45, 7) is 8.73. The molecule has 1 fully saturated rings. The smallest absolute Gasteiger partial charge is 0.220 e. The summed E-state index contributed by atoms with van der Waals surface area (Å²) in [5.74, 6) is 1.86. The number of carbonyl (C=O) groups excluding carboxylic acids is 1. The molecule has 0 bridgehead atoms. The Labute approximate surface area is 289 Å². The van der Waals surface area contributed by atoms with Gasteiger partial charge in [-0.2, -0.15) is 0 Å². The largest absolute Gasteiger partial charge is 0.492 e. The topological polar surface area (TPSA) is 177 Å². The van der Waals surface area contributed by atoms with Crippen molar-refractivity contribution in [3.8, 4) is 34.8 Å². The van der Waals surface area contributed by atoms with E-state index in [2.05, 4.69) is 90.7 Å². The lowest BCUT2D eigenvalue weighted by Crippen LogP contribution is -2.36. The van der Waals surface area contributed by atoms with Gasteiger partial charge in [-0.05, 0) is 110 Å². The van der Waals surface area contributed by atoms with Crippen LogP contribution in [0.3, 0.4) is 0 Å². The third-order valence-corrected chi connectivity index (χ3v) is 9.17. The van der Waals surface area contributed by atoms with Crippen LogP contribution in [0.1, 0.15) is 63.5 Å². The summed E-state index contributed by atoms with van der Waals surface area (Å²) in [6, 6.07) is 25.6. The summed E-state index contributed by atoms with van der Waals surface area (Å²) >= 11 is 1.84. The van der Waals surface area contributed by atoms with Gasteiger partial charge in [0.2, 0.25) is 5.91 Å². The second-order valence-electron chi connectivity index (χ2n) is 11.4. The van der Waals surface area contributed by atoms with Crippen LogP contribution in [-0.2, 0) is 11.2 Å². The minimum Gasteiger partial charge on any atom is -0.492 e. The van der Waals surface area contributed by atoms with Crippen molar-refractivity contribution in [2.75, 3.05) is 32.8 Å². The number of ether oxygens (including phenoxy) is 2. The first-order valence-corrected chi connectivity index (χ1v) is 16.7. The number of carbonyl (C=O) groups is 1. The highest BCUT2D eigenvalue weighted by molar-refractivity contribution is 7.22. The molecule has 1 amide bonds. The van der Waals surface area contributed by atoms with Crippen molar-refractivity contribution in [3.63, 3.8) is 0 Å². The maximum atomic E-state index is 12.1. The van der Waals surface area contributed by atoms with Crippen LogP contribution in [0.15, 0.2) is 72.8 Å². The van der Waals surface area contributed by atoms with Gasteiger partial charge < -0.3 is 36.7 Å². The van der Waals surface area contributed by atoms with Crippen molar-refractivity contribution in [2.24, 2.45) is 0 Å². The SMILES string of the molecule is C#C.CCCCCC(=O)N[C@H](C)COc1ccc(-c2sc3ccccc3c2Cc2ccc(OCCN3CCCC3)cc2)cc1.O.O.O.O. The van der Waals surface area contributed by atoms with Crippen molar-refractivity contribution in [1.29, 1.82) is 0 Å². The van der Waals surface area contributed by atoms with E-state index in [9.17, 15) is 4.79 Å². The summed E-state index contributed by atoms with van der Waals surface area (Å²) in [6.07, 6.45) is 15.2. The lowest BCUT2D eigenvalue weighted by atomic mass is 9.99. The highest BCUT2D eigenvalue weighted by Crippen LogP contribution is 2.40. The van der Waals surface area contributed by atoms with E-state index in [0.717, 1.165) is 50.3 Å². The van der Waals surface area contributed by atoms with Crippen molar-refractivity contribution >= 4 is 27.3 Å². The number of hydrogen-bond donors (Lipinski definition) is 1. The minimum atomic E-state index is -0.0325. The number of fused-ring (bicyclic) bond motifs is 1. The molecule has 264 valence electrons. The fourth-order valence-corrected chi connectivity index (χ4v) is 6.79. The van der Waals surface area contributed by atoms with E-state index in [-0.39, 0.29) is 33.9 Å². The van der Waals surface area contributed by atoms with Gasteiger partial charge in [-0.25, -0.2) is 0 Å². The van der Waals surface area contributed by atoms with Gasteiger partial charge in [0.15, 0.2) is 0 Å². The normalized spacial score (nSPS) is 12.5. The van der Waals surface area contributed by atoms with E-state index >= 15 is 0 Å². The molecular formula is C38H54N2O7S. The summed E-state index contributed by atoms with van der Waals surface area (Å²) < 4.78 is 13.3. The molecule has 5 rings (SSSR count). The summed E-state index contributed by atoms with van der Waals surface area (Å²) in [5, 5.41) is 4.36. The molecule has 3 aromatic carbocycles. The van der Waals surface area contributed by atoms with E-state index in [4.69, 9.17) is 9.47 Å². The molecule has 0 aliphatic carbocycles. The Kier molecular flexibility index (Phi) is 21.5. The molecule has 9 N–H and O–H groups in total. The molecule has 1 aliphatic rings. The first-order chi connectivity index (χ1) is 21.6. The molecule has 0 unspecified atom stereocenters. The van der Waals surface area contributed by atoms with E-state index in [1.807, 2.05) is 30.4 Å². The van der Waals surface area contributed by atoms with Gasteiger partial charge in [0.1, 0.15) is 24.7 Å². The average Bonchev–Trinajstić information content (AvgIpc) is 3.71. The number of likely N-dealkylation sites (tertiary alicyclic amines) is 1. The maximum absolute atomic E-state index is 12.1. The average molecular weight is 683 g/mol. The Morgan fingerprint density at radius 2 is 1.50 bits per heavy atom. The second-order valence-corrected chi connectivity index (χ2v) is 12.4. The Hall–Kier alpha value is -3.95. The van der Waals surface area contributed by atoms with Crippen LogP contribution in [0.4, 0.5) is 0 Å². The van der Waals surface area contributed by atoms with E-state index in [1.165, 1.54) is 57.6 Å². The van der Waals surface area contributed by atoms with Gasteiger partial charge in [-0.3, -0.25) is 9.69 Å². The quantitative estimate of drug-likeness (QED) is 0.136. The van der Waals surface area contributed by atoms with Crippen LogP contribution in [-0.4, -0.2) is 71.6 Å². The Morgan fingerprint density at radius 3 is 2.17 bits per heavy atom. The molecule has 1 atom stereocenters. The standard InChI is InChI=1S/C36H44N2O3S.C2H2.4H2O/c1-3-4-5-12-35(39)37-27(2)26-41-31-19-15-29(16-20-31)36-33(32-10-6-7-11-34(32)42-36)25-28-13-17-30(18-14-28)40-24-23-38-21-8-9-22-38;1-2;;;;/h6-7,10-11,13-20,27H,3-5,8-9,12,21-26H2,1-2H3,(H,37,39);1-2H;4*1H2/t27-;;;;;/m1...../s1. The van der Waals surface area contributed by atoms with Crippen LogP contribution in [0.2, 0.25) is 0 Å². The van der Waals surface area contributed by atoms with Gasteiger partial charge in [0.05, 0.1) is 6.04 Å². The monoisotopic (exact) mass is 682 g/mol. The van der Waals surface area contributed by atoms with E-state index < -0.39 is 0 Å². The molecule has 1 saturated heterocycles. The summed E-state index contributed by atoms with van der Waals surface area (Å²) in [7, 11) is 0. The molecule has 1 aliphatic heterocycles. The molecule has 0 radical (unpaired) electrons. The van der Waals surface area contributed by atoms with Crippen molar-refractivity contribution in [3.05, 3.63) is 83.9 Å². The molecule has 9 nitrogen and oxygen atoms in total. The van der Waals surface area contributed by atoms with Crippen molar-refractivity contribution in [1.82, 2.24) is 10.2 Å². The number of terminal acetylenes is 1. The first kappa shape index (κ1) is 44.1. The van der Waals surface area contributed by atoms with Crippen molar-refractivity contribution in [2.45, 2.75) is 64.8 Å². The number of thiophene rings is 1. The molecule has 10 heteroatoms. The lowest BCUT2D eigenvalue weighted by molar-refractivity contribution is -0.122. The predicted molar refractivity (Wildman–Crippen MR) is 199 cm³/mol. The van der Waals surface area contributed by atoms with E-state index in [1.54, 1.807) is 0 Å². The lowest BCUT2D eigenvalue weighted by Gasteiger charge is -2.15. The Morgan fingerprint density at radius 1 is 0.875 bits per heavy atom. The van der Waals surface area contributed by atoms with Crippen LogP contribution in [0, 0.1) is 12.8 Å². The number of hydrogen-bond acceptors (Lipinski definition) is 5. The third kappa shape index (κ3) is 12.9. The van der Waals surface area contributed by atoms with Crippen LogP contribution < -0.4 is 14.8 Å². The predicted octanol–water partition coefficient (Wildman–Crippen LogP) is 5.05. The summed E-state index contributed by atoms with van der Waals surface area (Å²) in [4.78, 5) is 15.9. The second kappa shape index (κ2) is 23.4. The third-order valence-electron chi connectivity index (χ3n) is 7.91. The van der Waals surface area contributed by atoms with Gasteiger partial charge in [0.25, 0.3) is 0 Å². The maximum Gasteiger partial charge on any atom is 0.220 e. The highest BCUT2D eigenvalue weighted by Gasteiger charge is 2.15. The van der Waals surface area contributed by atoms with Gasteiger partial charge in [-0.1, -0.05) is 50.1 Å². The molecule has 0 saturated carbocycles. The number of rotatable bonds is 15. The summed E-state index contributed by atoms with van der Waals surface area (Å²) in [5.41, 5.74) is 3.82. The molecular weight excluding hydrogens is 628 g/mol. The fourth-order valence-electron chi connectivity index (χ4n) is 5.56. The minimum absolute atomic E-state index is 0. The number of unbranched alkanes of at least 4 members (excludes halogenated alkanes) is 2. The highest BCUT2D eigenvalue weighted by atomic mass is 32.1. The Balaban J connectivity index is 0.00000361. The molecule has 4 aromatic rings. The van der Waals surface area contributed by atoms with Crippen LogP contribution in [0.25, 0.3) is 20.5 Å².